The van der Waals surface area contributed by atoms with Gasteiger partial charge in [-0.15, -0.1) is 0 Å². The first kappa shape index (κ1) is 16.4. The third kappa shape index (κ3) is 5.41. The van der Waals surface area contributed by atoms with Crippen LogP contribution in [0.2, 0.25) is 0 Å². The molecular formula is C17H19BrN2O2. The van der Waals surface area contributed by atoms with Crippen LogP contribution in [0.15, 0.2) is 53.0 Å². The minimum absolute atomic E-state index is 0.0995. The van der Waals surface area contributed by atoms with Gasteiger partial charge in [-0.3, -0.25) is 4.79 Å². The number of anilines is 2. The molecule has 4 nitrogen and oxygen atoms in total. The quantitative estimate of drug-likeness (QED) is 0.805. The van der Waals surface area contributed by atoms with E-state index in [9.17, 15) is 4.79 Å². The molecule has 0 spiro atoms. The Morgan fingerprint density at radius 1 is 1.14 bits per heavy atom. The monoisotopic (exact) mass is 362 g/mol. The van der Waals surface area contributed by atoms with Crippen LogP contribution in [0.1, 0.15) is 13.8 Å². The molecule has 2 aromatic rings. The van der Waals surface area contributed by atoms with Crippen molar-refractivity contribution in [3.8, 4) is 5.75 Å². The van der Waals surface area contributed by atoms with Gasteiger partial charge in [-0.05, 0) is 56.3 Å². The van der Waals surface area contributed by atoms with Crippen LogP contribution in [0.5, 0.6) is 5.75 Å². The zero-order valence-corrected chi connectivity index (χ0v) is 14.2. The van der Waals surface area contributed by atoms with Crippen molar-refractivity contribution in [2.24, 2.45) is 0 Å². The Morgan fingerprint density at radius 2 is 1.86 bits per heavy atom. The van der Waals surface area contributed by atoms with Crippen LogP contribution in [0.3, 0.4) is 0 Å². The van der Waals surface area contributed by atoms with Gasteiger partial charge in [0.15, 0.2) is 0 Å². The van der Waals surface area contributed by atoms with E-state index in [4.69, 9.17) is 4.74 Å². The van der Waals surface area contributed by atoms with Crippen LogP contribution in [0.4, 0.5) is 11.4 Å². The van der Waals surface area contributed by atoms with E-state index in [0.29, 0.717) is 0 Å². The second-order valence-electron chi connectivity index (χ2n) is 5.10. The van der Waals surface area contributed by atoms with Gasteiger partial charge in [-0.1, -0.05) is 22.0 Å². The SMILES string of the molecule is CC(C)Oc1ccc(NC(=O)CNc2cccc(Br)c2)cc1. The number of halogens is 1. The molecule has 2 N–H and O–H groups in total. The van der Waals surface area contributed by atoms with Gasteiger partial charge in [-0.2, -0.15) is 0 Å². The molecule has 0 saturated heterocycles. The van der Waals surface area contributed by atoms with E-state index in [1.54, 1.807) is 0 Å². The van der Waals surface area contributed by atoms with Gasteiger partial charge in [0.2, 0.25) is 5.91 Å². The van der Waals surface area contributed by atoms with Crippen LogP contribution >= 0.6 is 15.9 Å². The zero-order chi connectivity index (χ0) is 15.9. The predicted octanol–water partition coefficient (Wildman–Crippen LogP) is 4.29. The lowest BCUT2D eigenvalue weighted by molar-refractivity contribution is -0.114. The second kappa shape index (κ2) is 7.84. The Morgan fingerprint density at radius 3 is 2.50 bits per heavy atom. The molecule has 0 unspecified atom stereocenters. The van der Waals surface area contributed by atoms with E-state index in [-0.39, 0.29) is 18.6 Å². The molecule has 2 aromatic carbocycles. The number of carbonyl (C=O) groups excluding carboxylic acids is 1. The fourth-order valence-corrected chi connectivity index (χ4v) is 2.27. The molecule has 0 atom stereocenters. The minimum Gasteiger partial charge on any atom is -0.491 e. The summed E-state index contributed by atoms with van der Waals surface area (Å²) in [5, 5.41) is 5.91. The van der Waals surface area contributed by atoms with Crippen LogP contribution in [-0.4, -0.2) is 18.6 Å². The largest absolute Gasteiger partial charge is 0.491 e. The van der Waals surface area contributed by atoms with E-state index in [1.165, 1.54) is 0 Å². The summed E-state index contributed by atoms with van der Waals surface area (Å²) < 4.78 is 6.53. The molecule has 116 valence electrons. The lowest BCUT2D eigenvalue weighted by Gasteiger charge is -2.11. The lowest BCUT2D eigenvalue weighted by atomic mass is 10.3. The van der Waals surface area contributed by atoms with Crippen molar-refractivity contribution in [3.63, 3.8) is 0 Å². The molecule has 0 aliphatic carbocycles. The summed E-state index contributed by atoms with van der Waals surface area (Å²) in [6.45, 7) is 4.16. The maximum atomic E-state index is 11.9. The highest BCUT2D eigenvalue weighted by Crippen LogP contribution is 2.17. The van der Waals surface area contributed by atoms with E-state index in [2.05, 4.69) is 26.6 Å². The Bertz CT molecular complexity index is 627. The van der Waals surface area contributed by atoms with Crippen molar-refractivity contribution in [3.05, 3.63) is 53.0 Å². The number of hydrogen-bond donors (Lipinski definition) is 2. The number of amides is 1. The van der Waals surface area contributed by atoms with Crippen molar-refractivity contribution in [2.75, 3.05) is 17.2 Å². The molecule has 0 aromatic heterocycles. The van der Waals surface area contributed by atoms with Crippen molar-refractivity contribution >= 4 is 33.2 Å². The molecule has 0 aliphatic heterocycles. The summed E-state index contributed by atoms with van der Waals surface area (Å²) >= 11 is 3.39. The number of rotatable bonds is 6. The van der Waals surface area contributed by atoms with Gasteiger partial charge in [0.25, 0.3) is 0 Å². The summed E-state index contributed by atoms with van der Waals surface area (Å²) in [5.74, 6) is 0.692. The maximum absolute atomic E-state index is 11.9. The Hall–Kier alpha value is -2.01. The third-order valence-corrected chi connectivity index (χ3v) is 3.28. The van der Waals surface area contributed by atoms with Crippen molar-refractivity contribution in [1.82, 2.24) is 0 Å². The van der Waals surface area contributed by atoms with Crippen LogP contribution in [0, 0.1) is 0 Å². The lowest BCUT2D eigenvalue weighted by Crippen LogP contribution is -2.21. The van der Waals surface area contributed by atoms with Crippen molar-refractivity contribution in [2.45, 2.75) is 20.0 Å². The average molecular weight is 363 g/mol. The molecule has 1 amide bonds. The summed E-state index contributed by atoms with van der Waals surface area (Å²) in [6.07, 6.45) is 0.134. The van der Waals surface area contributed by atoms with Gasteiger partial charge >= 0.3 is 0 Å². The molecule has 5 heteroatoms. The molecule has 0 fully saturated rings. The van der Waals surface area contributed by atoms with E-state index in [1.807, 2.05) is 62.4 Å². The third-order valence-electron chi connectivity index (χ3n) is 2.79. The highest BCUT2D eigenvalue weighted by molar-refractivity contribution is 9.10. The van der Waals surface area contributed by atoms with E-state index >= 15 is 0 Å². The molecular weight excluding hydrogens is 344 g/mol. The molecule has 2 rings (SSSR count). The molecule has 22 heavy (non-hydrogen) atoms. The Balaban J connectivity index is 1.84. The summed E-state index contributed by atoms with van der Waals surface area (Å²) in [6, 6.07) is 15.0. The summed E-state index contributed by atoms with van der Waals surface area (Å²) in [4.78, 5) is 11.9. The standard InChI is InChI=1S/C17H19BrN2O2/c1-12(2)22-16-8-6-14(7-9-16)20-17(21)11-19-15-5-3-4-13(18)10-15/h3-10,12,19H,11H2,1-2H3,(H,20,21). The first-order chi connectivity index (χ1) is 10.5. The van der Waals surface area contributed by atoms with Crippen LogP contribution < -0.4 is 15.4 Å². The second-order valence-corrected chi connectivity index (χ2v) is 6.02. The van der Waals surface area contributed by atoms with Crippen molar-refractivity contribution < 1.29 is 9.53 Å². The smallest absolute Gasteiger partial charge is 0.243 e. The molecule has 0 radical (unpaired) electrons. The minimum atomic E-state index is -0.0995. The predicted molar refractivity (Wildman–Crippen MR) is 93.5 cm³/mol. The maximum Gasteiger partial charge on any atom is 0.243 e. The van der Waals surface area contributed by atoms with Crippen molar-refractivity contribution in [1.29, 1.82) is 0 Å². The highest BCUT2D eigenvalue weighted by atomic mass is 79.9. The highest BCUT2D eigenvalue weighted by Gasteiger charge is 2.03. The fourth-order valence-electron chi connectivity index (χ4n) is 1.87. The molecule has 0 bridgehead atoms. The zero-order valence-electron chi connectivity index (χ0n) is 12.6. The first-order valence-corrected chi connectivity index (χ1v) is 7.88. The van der Waals surface area contributed by atoms with Gasteiger partial charge in [-0.25, -0.2) is 0 Å². The molecule has 0 heterocycles. The van der Waals surface area contributed by atoms with Crippen LogP contribution in [-0.2, 0) is 4.79 Å². The average Bonchev–Trinajstić information content (AvgIpc) is 2.47. The number of carbonyl (C=O) groups is 1. The normalized spacial score (nSPS) is 10.4. The number of benzene rings is 2. The van der Waals surface area contributed by atoms with Gasteiger partial charge in [0.1, 0.15) is 5.75 Å². The molecule has 0 aliphatic rings. The molecule has 0 saturated carbocycles. The number of nitrogens with one attached hydrogen (secondary N) is 2. The van der Waals surface area contributed by atoms with Gasteiger partial charge < -0.3 is 15.4 Å². The first-order valence-electron chi connectivity index (χ1n) is 7.09. The number of hydrogen-bond acceptors (Lipinski definition) is 3. The number of ether oxygens (including phenoxy) is 1. The van der Waals surface area contributed by atoms with E-state index in [0.717, 1.165) is 21.6 Å². The summed E-state index contributed by atoms with van der Waals surface area (Å²) in [5.41, 5.74) is 1.64. The van der Waals surface area contributed by atoms with E-state index < -0.39 is 0 Å². The topological polar surface area (TPSA) is 50.4 Å². The van der Waals surface area contributed by atoms with Gasteiger partial charge in [0.05, 0.1) is 12.6 Å². The summed E-state index contributed by atoms with van der Waals surface area (Å²) in [7, 11) is 0. The van der Waals surface area contributed by atoms with Crippen LogP contribution in [0.25, 0.3) is 0 Å². The fraction of sp³-hybridized carbons (Fsp3) is 0.235. The Kier molecular flexibility index (Phi) is 5.83. The van der Waals surface area contributed by atoms with Gasteiger partial charge in [0, 0.05) is 15.8 Å². The Labute approximate surface area is 139 Å².